The van der Waals surface area contributed by atoms with Gasteiger partial charge < -0.3 is 15.2 Å². The highest BCUT2D eigenvalue weighted by Crippen LogP contribution is 2.45. The fourth-order valence-electron chi connectivity index (χ4n) is 3.87. The molecule has 0 spiro atoms. The van der Waals surface area contributed by atoms with Crippen molar-refractivity contribution in [2.45, 2.75) is 65.5 Å². The molecule has 1 aliphatic carbocycles. The van der Waals surface area contributed by atoms with Gasteiger partial charge in [-0.05, 0) is 36.5 Å². The van der Waals surface area contributed by atoms with Crippen LogP contribution in [0.1, 0.15) is 53.4 Å². The second kappa shape index (κ2) is 6.36. The molecule has 0 aromatic heterocycles. The van der Waals surface area contributed by atoms with E-state index >= 15 is 0 Å². The molecule has 1 saturated carbocycles. The van der Waals surface area contributed by atoms with Crippen LogP contribution in [0.2, 0.25) is 0 Å². The van der Waals surface area contributed by atoms with Gasteiger partial charge in [-0.3, -0.25) is 0 Å². The Kier molecular flexibility index (Phi) is 5.63. The van der Waals surface area contributed by atoms with Gasteiger partial charge in [-0.15, -0.1) is 0 Å². The lowest BCUT2D eigenvalue weighted by atomic mass is 9.63. The van der Waals surface area contributed by atoms with Crippen molar-refractivity contribution in [3.05, 3.63) is 0 Å². The summed E-state index contributed by atoms with van der Waals surface area (Å²) in [4.78, 5) is 0. The lowest BCUT2D eigenvalue weighted by Crippen LogP contribution is -2.49. The molecule has 0 radical (unpaired) electrons. The van der Waals surface area contributed by atoms with Crippen LogP contribution in [-0.2, 0) is 4.74 Å². The van der Waals surface area contributed by atoms with Crippen LogP contribution < -0.4 is 5.32 Å². The summed E-state index contributed by atoms with van der Waals surface area (Å²) in [5.74, 6) is 0. The Labute approximate surface area is 112 Å². The third kappa shape index (κ3) is 5.25. The van der Waals surface area contributed by atoms with Gasteiger partial charge in [-0.1, -0.05) is 27.7 Å². The van der Waals surface area contributed by atoms with Crippen molar-refractivity contribution >= 4 is 0 Å². The van der Waals surface area contributed by atoms with E-state index in [0.29, 0.717) is 23.5 Å². The normalized spacial score (nSPS) is 25.0. The maximum absolute atomic E-state index is 9.10. The Balaban J connectivity index is 2.58. The molecule has 1 atom stereocenters. The maximum Gasteiger partial charge on any atom is 0.0616 e. The van der Waals surface area contributed by atoms with Crippen LogP contribution >= 0.6 is 0 Å². The Morgan fingerprint density at radius 3 is 2.22 bits per heavy atom. The molecule has 1 unspecified atom stereocenters. The summed E-state index contributed by atoms with van der Waals surface area (Å²) in [7, 11) is 1.72. The number of aliphatic hydroxyl groups is 1. The van der Waals surface area contributed by atoms with Crippen LogP contribution in [0.15, 0.2) is 0 Å². The molecule has 0 aromatic carbocycles. The largest absolute Gasteiger partial charge is 0.396 e. The summed E-state index contributed by atoms with van der Waals surface area (Å²) in [6, 6.07) is 0.810. The lowest BCUT2D eigenvalue weighted by molar-refractivity contribution is 0.0670. The topological polar surface area (TPSA) is 41.5 Å². The molecular weight excluding hydrogens is 226 g/mol. The number of aliphatic hydroxyl groups excluding tert-OH is 1. The quantitative estimate of drug-likeness (QED) is 0.768. The smallest absolute Gasteiger partial charge is 0.0616 e. The van der Waals surface area contributed by atoms with E-state index < -0.39 is 0 Å². The van der Waals surface area contributed by atoms with E-state index in [-0.39, 0.29) is 12.6 Å². The van der Waals surface area contributed by atoms with Crippen LogP contribution in [0.5, 0.6) is 0 Å². The van der Waals surface area contributed by atoms with Crippen molar-refractivity contribution in [1.82, 2.24) is 5.32 Å². The molecular formula is C15H31NO2. The van der Waals surface area contributed by atoms with Crippen LogP contribution in [0, 0.1) is 10.8 Å². The summed E-state index contributed by atoms with van der Waals surface area (Å²) in [5, 5.41) is 12.8. The molecule has 3 heteroatoms. The van der Waals surface area contributed by atoms with E-state index in [1.807, 2.05) is 0 Å². The predicted octanol–water partition coefficient (Wildman–Crippen LogP) is 2.58. The van der Waals surface area contributed by atoms with Crippen molar-refractivity contribution in [2.24, 2.45) is 10.8 Å². The Bertz CT molecular complexity index is 229. The van der Waals surface area contributed by atoms with Crippen LogP contribution in [-0.4, -0.2) is 37.5 Å². The fraction of sp³-hybridized carbons (Fsp3) is 1.00. The van der Waals surface area contributed by atoms with Gasteiger partial charge in [-0.25, -0.2) is 0 Å². The molecule has 0 aromatic rings. The fourth-order valence-corrected chi connectivity index (χ4v) is 3.87. The standard InChI is InChI=1S/C15H31NO2/c1-14(2)8-13(9-15(3,4)11-14)16-12(6-7-17)10-18-5/h12-13,16-17H,6-11H2,1-5H3. The first-order valence-corrected chi connectivity index (χ1v) is 7.14. The predicted molar refractivity (Wildman–Crippen MR) is 75.7 cm³/mol. The highest BCUT2D eigenvalue weighted by molar-refractivity contribution is 4.93. The molecule has 1 aliphatic rings. The molecule has 0 heterocycles. The zero-order valence-electron chi connectivity index (χ0n) is 12.8. The Morgan fingerprint density at radius 2 is 1.78 bits per heavy atom. The van der Waals surface area contributed by atoms with Crippen LogP contribution in [0.4, 0.5) is 0 Å². The first-order valence-electron chi connectivity index (χ1n) is 7.14. The second-order valence-electron chi connectivity index (χ2n) is 7.44. The van der Waals surface area contributed by atoms with E-state index in [0.717, 1.165) is 6.42 Å². The highest BCUT2D eigenvalue weighted by atomic mass is 16.5. The molecule has 18 heavy (non-hydrogen) atoms. The monoisotopic (exact) mass is 257 g/mol. The summed E-state index contributed by atoms with van der Waals surface area (Å²) in [6.07, 6.45) is 4.47. The summed E-state index contributed by atoms with van der Waals surface area (Å²) >= 11 is 0. The minimum Gasteiger partial charge on any atom is -0.396 e. The van der Waals surface area contributed by atoms with Gasteiger partial charge in [0.25, 0.3) is 0 Å². The Morgan fingerprint density at radius 1 is 1.22 bits per heavy atom. The lowest BCUT2D eigenvalue weighted by Gasteiger charge is -2.46. The van der Waals surface area contributed by atoms with E-state index in [1.54, 1.807) is 7.11 Å². The first kappa shape index (κ1) is 15.9. The number of ether oxygens (including phenoxy) is 1. The minimum absolute atomic E-state index is 0.223. The molecule has 2 N–H and O–H groups in total. The molecule has 1 rings (SSSR count). The molecule has 108 valence electrons. The van der Waals surface area contributed by atoms with Crippen molar-refractivity contribution in [3.63, 3.8) is 0 Å². The van der Waals surface area contributed by atoms with Crippen molar-refractivity contribution in [1.29, 1.82) is 0 Å². The summed E-state index contributed by atoms with van der Waals surface area (Å²) in [6.45, 7) is 10.3. The van der Waals surface area contributed by atoms with Crippen LogP contribution in [0.3, 0.4) is 0 Å². The zero-order valence-corrected chi connectivity index (χ0v) is 12.8. The third-order valence-electron chi connectivity index (χ3n) is 3.87. The van der Waals surface area contributed by atoms with Crippen LogP contribution in [0.25, 0.3) is 0 Å². The number of rotatable bonds is 6. The third-order valence-corrected chi connectivity index (χ3v) is 3.87. The number of hydrogen-bond acceptors (Lipinski definition) is 3. The second-order valence-corrected chi connectivity index (χ2v) is 7.44. The van der Waals surface area contributed by atoms with Gasteiger partial charge in [0.2, 0.25) is 0 Å². The number of hydrogen-bond donors (Lipinski definition) is 2. The molecule has 3 nitrogen and oxygen atoms in total. The number of nitrogens with one attached hydrogen (secondary N) is 1. The van der Waals surface area contributed by atoms with E-state index in [9.17, 15) is 0 Å². The van der Waals surface area contributed by atoms with Gasteiger partial charge in [0.05, 0.1) is 6.61 Å². The van der Waals surface area contributed by atoms with E-state index in [4.69, 9.17) is 9.84 Å². The zero-order chi connectivity index (χ0) is 13.8. The highest BCUT2D eigenvalue weighted by Gasteiger charge is 2.38. The summed E-state index contributed by atoms with van der Waals surface area (Å²) in [5.41, 5.74) is 0.798. The molecule has 0 saturated heterocycles. The van der Waals surface area contributed by atoms with E-state index in [1.165, 1.54) is 19.3 Å². The minimum atomic E-state index is 0.223. The Hall–Kier alpha value is -0.120. The molecule has 1 fully saturated rings. The van der Waals surface area contributed by atoms with Crippen molar-refractivity contribution in [3.8, 4) is 0 Å². The van der Waals surface area contributed by atoms with Crippen molar-refractivity contribution in [2.75, 3.05) is 20.3 Å². The van der Waals surface area contributed by atoms with Gasteiger partial charge in [0.15, 0.2) is 0 Å². The molecule has 0 amide bonds. The maximum atomic E-state index is 9.10. The van der Waals surface area contributed by atoms with Gasteiger partial charge in [-0.2, -0.15) is 0 Å². The summed E-state index contributed by atoms with van der Waals surface area (Å²) < 4.78 is 5.23. The SMILES string of the molecule is COCC(CCO)NC1CC(C)(C)CC(C)(C)C1. The van der Waals surface area contributed by atoms with Crippen molar-refractivity contribution < 1.29 is 9.84 Å². The van der Waals surface area contributed by atoms with E-state index in [2.05, 4.69) is 33.0 Å². The van der Waals surface area contributed by atoms with Gasteiger partial charge in [0, 0.05) is 25.8 Å². The average molecular weight is 257 g/mol. The molecule has 0 bridgehead atoms. The average Bonchev–Trinajstić information content (AvgIpc) is 2.12. The number of methoxy groups -OCH3 is 1. The van der Waals surface area contributed by atoms with Gasteiger partial charge in [0.1, 0.15) is 0 Å². The molecule has 0 aliphatic heterocycles. The van der Waals surface area contributed by atoms with Gasteiger partial charge >= 0.3 is 0 Å². The first-order chi connectivity index (χ1) is 8.28.